The number of hydrogen-bond donors (Lipinski definition) is 1. The van der Waals surface area contributed by atoms with Crippen LogP contribution in [0.25, 0.3) is 16.9 Å². The summed E-state index contributed by atoms with van der Waals surface area (Å²) in [5.74, 6) is 3.14. The molecule has 3 aromatic carbocycles. The van der Waals surface area contributed by atoms with Gasteiger partial charge in [0, 0.05) is 24.4 Å². The highest BCUT2D eigenvalue weighted by molar-refractivity contribution is 5.66. The lowest BCUT2D eigenvalue weighted by Crippen LogP contribution is -2.02. The predicted octanol–water partition coefficient (Wildman–Crippen LogP) is 5.32. The highest BCUT2D eigenvalue weighted by Crippen LogP contribution is 2.32. The molecule has 0 atom stereocenters. The van der Waals surface area contributed by atoms with E-state index in [1.54, 1.807) is 4.52 Å². The Labute approximate surface area is 196 Å². The zero-order valence-corrected chi connectivity index (χ0v) is 18.3. The molecule has 0 aliphatic carbocycles. The normalized spacial score (nSPS) is 12.1. The lowest BCUT2D eigenvalue weighted by molar-refractivity contribution is 0.174. The molecule has 2 aromatic heterocycles. The predicted molar refractivity (Wildman–Crippen MR) is 129 cm³/mol. The second kappa shape index (κ2) is 8.78. The van der Waals surface area contributed by atoms with E-state index < -0.39 is 0 Å². The summed E-state index contributed by atoms with van der Waals surface area (Å²) in [6.45, 7) is 1.42. The van der Waals surface area contributed by atoms with Gasteiger partial charge in [-0.3, -0.25) is 0 Å². The van der Waals surface area contributed by atoms with E-state index in [1.165, 1.54) is 0 Å². The van der Waals surface area contributed by atoms with Crippen LogP contribution in [-0.4, -0.2) is 21.4 Å². The maximum Gasteiger partial charge on any atom is 0.231 e. The van der Waals surface area contributed by atoms with Crippen LogP contribution in [0.4, 0.5) is 5.82 Å². The van der Waals surface area contributed by atoms with Gasteiger partial charge in [-0.05, 0) is 41.5 Å². The van der Waals surface area contributed by atoms with Crippen LogP contribution in [-0.2, 0) is 13.2 Å². The molecule has 6 rings (SSSR count). The number of fused-ring (bicyclic) bond motifs is 2. The Bertz CT molecular complexity index is 1450. The molecule has 0 saturated heterocycles. The molecule has 1 aliphatic rings. The van der Waals surface area contributed by atoms with Crippen molar-refractivity contribution in [2.75, 3.05) is 12.1 Å². The molecule has 0 spiro atoms. The smallest absolute Gasteiger partial charge is 0.231 e. The number of rotatable bonds is 7. The lowest BCUT2D eigenvalue weighted by Gasteiger charge is -2.07. The zero-order valence-electron chi connectivity index (χ0n) is 18.3. The van der Waals surface area contributed by atoms with Crippen LogP contribution in [0.1, 0.15) is 11.1 Å². The molecule has 5 aromatic rings. The van der Waals surface area contributed by atoms with E-state index >= 15 is 0 Å². The summed E-state index contributed by atoms with van der Waals surface area (Å²) in [7, 11) is 0. The molecule has 0 amide bonds. The molecule has 0 radical (unpaired) electrons. The zero-order chi connectivity index (χ0) is 22.7. The van der Waals surface area contributed by atoms with E-state index in [0.29, 0.717) is 13.2 Å². The third-order valence-corrected chi connectivity index (χ3v) is 5.61. The summed E-state index contributed by atoms with van der Waals surface area (Å²) in [6, 6.07) is 27.9. The van der Waals surface area contributed by atoms with E-state index in [-0.39, 0.29) is 6.79 Å². The first-order chi connectivity index (χ1) is 16.8. The van der Waals surface area contributed by atoms with Gasteiger partial charge in [0.15, 0.2) is 17.1 Å². The van der Waals surface area contributed by atoms with Crippen molar-refractivity contribution >= 4 is 11.5 Å². The monoisotopic (exact) mass is 450 g/mol. The molecule has 0 fully saturated rings. The summed E-state index contributed by atoms with van der Waals surface area (Å²) in [5, 5.41) is 8.05. The minimum Gasteiger partial charge on any atom is -0.489 e. The molecule has 7 nitrogen and oxygen atoms in total. The van der Waals surface area contributed by atoms with Gasteiger partial charge in [0.1, 0.15) is 18.2 Å². The van der Waals surface area contributed by atoms with Gasteiger partial charge in [-0.1, -0.05) is 48.5 Å². The van der Waals surface area contributed by atoms with Crippen molar-refractivity contribution in [3.8, 4) is 28.5 Å². The van der Waals surface area contributed by atoms with Gasteiger partial charge in [0.05, 0.1) is 5.69 Å². The number of aromatic nitrogens is 3. The number of anilines is 1. The van der Waals surface area contributed by atoms with Crippen molar-refractivity contribution in [1.82, 2.24) is 14.6 Å². The Balaban J connectivity index is 1.16. The molecule has 7 heteroatoms. The maximum atomic E-state index is 5.97. The molecule has 0 bridgehead atoms. The van der Waals surface area contributed by atoms with E-state index in [2.05, 4.69) is 22.5 Å². The van der Waals surface area contributed by atoms with E-state index in [9.17, 15) is 0 Å². The Hall–Kier alpha value is -4.52. The van der Waals surface area contributed by atoms with Crippen LogP contribution in [0.5, 0.6) is 17.2 Å². The second-order valence-electron chi connectivity index (χ2n) is 7.99. The average Bonchev–Trinajstić information content (AvgIpc) is 3.53. The van der Waals surface area contributed by atoms with Crippen molar-refractivity contribution < 1.29 is 14.2 Å². The third-order valence-electron chi connectivity index (χ3n) is 5.61. The van der Waals surface area contributed by atoms with Gasteiger partial charge in [-0.25, -0.2) is 9.50 Å². The van der Waals surface area contributed by atoms with Crippen molar-refractivity contribution in [3.05, 3.63) is 102 Å². The number of nitrogens with zero attached hydrogens (tertiary/aromatic N) is 3. The Kier molecular flexibility index (Phi) is 5.20. The average molecular weight is 450 g/mol. The molecule has 34 heavy (non-hydrogen) atoms. The minimum absolute atomic E-state index is 0.274. The Morgan fingerprint density at radius 3 is 2.71 bits per heavy atom. The van der Waals surface area contributed by atoms with Crippen molar-refractivity contribution in [3.63, 3.8) is 0 Å². The quantitative estimate of drug-likeness (QED) is 0.362. The Morgan fingerprint density at radius 2 is 1.76 bits per heavy atom. The van der Waals surface area contributed by atoms with Crippen molar-refractivity contribution in [2.24, 2.45) is 0 Å². The van der Waals surface area contributed by atoms with Gasteiger partial charge >= 0.3 is 0 Å². The van der Waals surface area contributed by atoms with Gasteiger partial charge in [0.25, 0.3) is 0 Å². The van der Waals surface area contributed by atoms with Crippen molar-refractivity contribution in [2.45, 2.75) is 13.2 Å². The summed E-state index contributed by atoms with van der Waals surface area (Å²) in [6.07, 6.45) is 1.91. The van der Waals surface area contributed by atoms with Crippen LogP contribution >= 0.6 is 0 Å². The highest BCUT2D eigenvalue weighted by Gasteiger charge is 2.13. The van der Waals surface area contributed by atoms with Crippen LogP contribution in [0.3, 0.4) is 0 Å². The van der Waals surface area contributed by atoms with Crippen molar-refractivity contribution in [1.29, 1.82) is 0 Å². The topological polar surface area (TPSA) is 69.9 Å². The molecule has 3 heterocycles. The van der Waals surface area contributed by atoms with E-state index in [0.717, 1.165) is 51.1 Å². The number of hydrogen-bond acceptors (Lipinski definition) is 6. The number of nitrogens with one attached hydrogen (secondary N) is 1. The number of benzene rings is 3. The van der Waals surface area contributed by atoms with Gasteiger partial charge in [-0.2, -0.15) is 5.10 Å². The highest BCUT2D eigenvalue weighted by atomic mass is 16.7. The van der Waals surface area contributed by atoms with Crippen LogP contribution < -0.4 is 19.5 Å². The van der Waals surface area contributed by atoms with Gasteiger partial charge in [0.2, 0.25) is 6.79 Å². The summed E-state index contributed by atoms with van der Waals surface area (Å²) in [5.41, 5.74) is 4.80. The molecule has 1 N–H and O–H groups in total. The summed E-state index contributed by atoms with van der Waals surface area (Å²) >= 11 is 0. The molecule has 0 unspecified atom stereocenters. The SMILES string of the molecule is c1ccc(COc2cccc(-c3cc4nc(NCc5ccc6c(c5)OCO6)ccn4n3)c2)cc1. The van der Waals surface area contributed by atoms with Crippen LogP contribution in [0.2, 0.25) is 0 Å². The number of ether oxygens (including phenoxy) is 3. The van der Waals surface area contributed by atoms with Crippen LogP contribution in [0.15, 0.2) is 91.1 Å². The summed E-state index contributed by atoms with van der Waals surface area (Å²) in [4.78, 5) is 4.71. The fourth-order valence-electron chi connectivity index (χ4n) is 3.85. The lowest BCUT2D eigenvalue weighted by atomic mass is 10.1. The second-order valence-corrected chi connectivity index (χ2v) is 7.99. The van der Waals surface area contributed by atoms with Crippen LogP contribution in [0, 0.1) is 0 Å². The third kappa shape index (κ3) is 4.23. The fraction of sp³-hybridized carbons (Fsp3) is 0.111. The molecule has 1 aliphatic heterocycles. The van der Waals surface area contributed by atoms with Gasteiger partial charge in [-0.15, -0.1) is 0 Å². The van der Waals surface area contributed by atoms with Gasteiger partial charge < -0.3 is 19.5 Å². The van der Waals surface area contributed by atoms with E-state index in [4.69, 9.17) is 19.2 Å². The standard InChI is InChI=1S/C27H22N4O3/c1-2-5-19(6-3-1)17-32-22-8-4-7-21(14-22)23-15-27-29-26(11-12-31(27)30-23)28-16-20-9-10-24-25(13-20)34-18-33-24/h1-15H,16-18H2,(H,28,29). The maximum absolute atomic E-state index is 5.97. The summed E-state index contributed by atoms with van der Waals surface area (Å²) < 4.78 is 18.6. The largest absolute Gasteiger partial charge is 0.489 e. The van der Waals surface area contributed by atoms with E-state index in [1.807, 2.05) is 79.0 Å². The first-order valence-electron chi connectivity index (χ1n) is 11.1. The minimum atomic E-state index is 0.274. The first-order valence-corrected chi connectivity index (χ1v) is 11.1. The molecule has 0 saturated carbocycles. The molecular weight excluding hydrogens is 428 g/mol. The fourth-order valence-corrected chi connectivity index (χ4v) is 3.85. The molecule has 168 valence electrons. The first kappa shape index (κ1) is 20.1. The Morgan fingerprint density at radius 1 is 0.853 bits per heavy atom. The molecular formula is C27H22N4O3.